The maximum atomic E-state index is 11.8. The average molecular weight is 244 g/mol. The van der Waals surface area contributed by atoms with E-state index < -0.39 is 5.91 Å². The lowest BCUT2D eigenvalue weighted by atomic mass is 10.2. The van der Waals surface area contributed by atoms with E-state index in [9.17, 15) is 14.7 Å². The van der Waals surface area contributed by atoms with Crippen molar-refractivity contribution in [2.75, 3.05) is 5.32 Å². The highest BCUT2D eigenvalue weighted by Crippen LogP contribution is 2.20. The number of aromatic nitrogens is 1. The van der Waals surface area contributed by atoms with Gasteiger partial charge in [-0.25, -0.2) is 0 Å². The first-order valence-electron chi connectivity index (χ1n) is 5.36. The van der Waals surface area contributed by atoms with Gasteiger partial charge in [-0.1, -0.05) is 12.1 Å². The van der Waals surface area contributed by atoms with Crippen LogP contribution in [0.3, 0.4) is 0 Å². The monoisotopic (exact) mass is 244 g/mol. The van der Waals surface area contributed by atoms with E-state index in [0.29, 0.717) is 5.69 Å². The Morgan fingerprint density at radius 3 is 2.72 bits per heavy atom. The Morgan fingerprint density at radius 2 is 2.06 bits per heavy atom. The minimum Gasteiger partial charge on any atom is -0.508 e. The summed E-state index contributed by atoms with van der Waals surface area (Å²) in [4.78, 5) is 25.3. The molecular weight excluding hydrogens is 232 g/mol. The van der Waals surface area contributed by atoms with E-state index in [4.69, 9.17) is 0 Å². The highest BCUT2D eigenvalue weighted by atomic mass is 16.3. The Hall–Kier alpha value is -2.56. The number of carbonyl (C=O) groups is 1. The second-order valence-electron chi connectivity index (χ2n) is 3.88. The molecule has 0 aliphatic rings. The Morgan fingerprint density at radius 1 is 1.28 bits per heavy atom. The van der Waals surface area contributed by atoms with Crippen molar-refractivity contribution >= 4 is 11.6 Å². The van der Waals surface area contributed by atoms with Crippen molar-refractivity contribution < 1.29 is 9.90 Å². The summed E-state index contributed by atoms with van der Waals surface area (Å²) in [6, 6.07) is 9.15. The molecule has 2 aromatic rings. The standard InChI is InChI=1S/C13H12N2O3/c1-8-5-6-9(7-11(8)16)14-13(18)10-3-2-4-12(17)15-10/h2-7,16H,1H3,(H,14,18)(H,15,17). The minimum absolute atomic E-state index is 0.106. The fourth-order valence-electron chi connectivity index (χ4n) is 1.47. The number of H-pyrrole nitrogens is 1. The summed E-state index contributed by atoms with van der Waals surface area (Å²) in [5.41, 5.74) is 1.02. The minimum atomic E-state index is -0.434. The lowest BCUT2D eigenvalue weighted by Gasteiger charge is -2.06. The highest BCUT2D eigenvalue weighted by Gasteiger charge is 2.07. The number of nitrogens with one attached hydrogen (secondary N) is 2. The van der Waals surface area contributed by atoms with Crippen LogP contribution < -0.4 is 10.9 Å². The smallest absolute Gasteiger partial charge is 0.272 e. The Balaban J connectivity index is 2.21. The van der Waals surface area contributed by atoms with E-state index in [1.165, 1.54) is 24.3 Å². The summed E-state index contributed by atoms with van der Waals surface area (Å²) >= 11 is 0. The third-order valence-electron chi connectivity index (χ3n) is 2.48. The molecule has 0 saturated carbocycles. The maximum absolute atomic E-state index is 11.8. The molecule has 0 fully saturated rings. The first-order chi connectivity index (χ1) is 8.56. The number of hydrogen-bond acceptors (Lipinski definition) is 3. The number of amides is 1. The second kappa shape index (κ2) is 4.75. The predicted molar refractivity (Wildman–Crippen MR) is 67.9 cm³/mol. The van der Waals surface area contributed by atoms with E-state index in [0.717, 1.165) is 5.56 Å². The third-order valence-corrected chi connectivity index (χ3v) is 2.48. The molecule has 18 heavy (non-hydrogen) atoms. The molecule has 92 valence electrons. The zero-order chi connectivity index (χ0) is 13.1. The molecule has 5 nitrogen and oxygen atoms in total. The van der Waals surface area contributed by atoms with Crippen molar-refractivity contribution in [2.24, 2.45) is 0 Å². The Labute approximate surface area is 103 Å². The molecule has 0 spiro atoms. The molecule has 1 aromatic heterocycles. The average Bonchev–Trinajstić information content (AvgIpc) is 2.34. The van der Waals surface area contributed by atoms with Gasteiger partial charge in [0.2, 0.25) is 5.56 Å². The van der Waals surface area contributed by atoms with Crippen LogP contribution in [0.15, 0.2) is 41.2 Å². The van der Waals surface area contributed by atoms with Crippen LogP contribution in [-0.2, 0) is 0 Å². The molecule has 0 radical (unpaired) electrons. The van der Waals surface area contributed by atoms with Gasteiger partial charge in [-0.05, 0) is 24.6 Å². The van der Waals surface area contributed by atoms with Crippen LogP contribution in [-0.4, -0.2) is 16.0 Å². The normalized spacial score (nSPS) is 10.1. The number of hydrogen-bond donors (Lipinski definition) is 3. The van der Waals surface area contributed by atoms with Gasteiger partial charge in [-0.2, -0.15) is 0 Å². The third kappa shape index (κ3) is 2.57. The number of rotatable bonds is 2. The molecule has 0 bridgehead atoms. The van der Waals surface area contributed by atoms with Gasteiger partial charge in [-0.3, -0.25) is 9.59 Å². The van der Waals surface area contributed by atoms with Crippen molar-refractivity contribution in [3.63, 3.8) is 0 Å². The van der Waals surface area contributed by atoms with Crippen LogP contribution in [0.4, 0.5) is 5.69 Å². The van der Waals surface area contributed by atoms with Gasteiger partial charge in [0, 0.05) is 17.8 Å². The number of aryl methyl sites for hydroxylation is 1. The summed E-state index contributed by atoms with van der Waals surface area (Å²) in [7, 11) is 0. The largest absolute Gasteiger partial charge is 0.508 e. The molecule has 0 saturated heterocycles. The summed E-state index contributed by atoms with van der Waals surface area (Å²) in [6.45, 7) is 1.76. The van der Waals surface area contributed by atoms with Crippen LogP contribution >= 0.6 is 0 Å². The first kappa shape index (κ1) is 11.9. The fraction of sp³-hybridized carbons (Fsp3) is 0.0769. The van der Waals surface area contributed by atoms with E-state index in [2.05, 4.69) is 10.3 Å². The Kier molecular flexibility index (Phi) is 3.14. The first-order valence-corrected chi connectivity index (χ1v) is 5.36. The zero-order valence-corrected chi connectivity index (χ0v) is 9.73. The topological polar surface area (TPSA) is 82.2 Å². The van der Waals surface area contributed by atoms with Gasteiger partial charge in [0.25, 0.3) is 5.91 Å². The number of benzene rings is 1. The lowest BCUT2D eigenvalue weighted by Crippen LogP contribution is -2.17. The van der Waals surface area contributed by atoms with Gasteiger partial charge >= 0.3 is 0 Å². The molecule has 1 amide bonds. The zero-order valence-electron chi connectivity index (χ0n) is 9.73. The van der Waals surface area contributed by atoms with Crippen LogP contribution in [0.5, 0.6) is 5.75 Å². The van der Waals surface area contributed by atoms with Crippen LogP contribution in [0.2, 0.25) is 0 Å². The van der Waals surface area contributed by atoms with Gasteiger partial charge in [0.15, 0.2) is 0 Å². The van der Waals surface area contributed by atoms with E-state index in [-0.39, 0.29) is 17.0 Å². The quantitative estimate of drug-likeness (QED) is 0.751. The molecular formula is C13H12N2O3. The predicted octanol–water partition coefficient (Wildman–Crippen LogP) is 1.64. The fourth-order valence-corrected chi connectivity index (χ4v) is 1.47. The molecule has 0 atom stereocenters. The van der Waals surface area contributed by atoms with Gasteiger partial charge in [0.05, 0.1) is 0 Å². The van der Waals surface area contributed by atoms with Crippen LogP contribution in [0, 0.1) is 6.92 Å². The van der Waals surface area contributed by atoms with Crippen molar-refractivity contribution in [1.29, 1.82) is 0 Å². The number of aromatic hydroxyl groups is 1. The maximum Gasteiger partial charge on any atom is 0.272 e. The number of phenols is 1. The van der Waals surface area contributed by atoms with E-state index >= 15 is 0 Å². The van der Waals surface area contributed by atoms with Crippen molar-refractivity contribution in [2.45, 2.75) is 6.92 Å². The van der Waals surface area contributed by atoms with Gasteiger partial charge in [0.1, 0.15) is 11.4 Å². The molecule has 3 N–H and O–H groups in total. The van der Waals surface area contributed by atoms with Crippen LogP contribution in [0.25, 0.3) is 0 Å². The summed E-state index contributed by atoms with van der Waals surface area (Å²) in [6.07, 6.45) is 0. The highest BCUT2D eigenvalue weighted by molar-refractivity contribution is 6.02. The van der Waals surface area contributed by atoms with Crippen LogP contribution in [0.1, 0.15) is 16.1 Å². The molecule has 1 aromatic carbocycles. The number of pyridine rings is 1. The molecule has 0 aliphatic heterocycles. The summed E-state index contributed by atoms with van der Waals surface area (Å²) < 4.78 is 0. The van der Waals surface area contributed by atoms with E-state index in [1.54, 1.807) is 19.1 Å². The van der Waals surface area contributed by atoms with E-state index in [1.807, 2.05) is 0 Å². The molecule has 5 heteroatoms. The SMILES string of the molecule is Cc1ccc(NC(=O)c2cccc(=O)[nH]2)cc1O. The number of carbonyl (C=O) groups excluding carboxylic acids is 1. The molecule has 1 heterocycles. The lowest BCUT2D eigenvalue weighted by molar-refractivity contribution is 0.102. The number of phenolic OH excluding ortho intramolecular Hbond substituents is 1. The molecule has 2 rings (SSSR count). The second-order valence-corrected chi connectivity index (χ2v) is 3.88. The summed E-state index contributed by atoms with van der Waals surface area (Å²) in [5, 5.41) is 12.1. The number of anilines is 1. The Bertz CT molecular complexity index is 647. The number of aromatic amines is 1. The summed E-state index contributed by atoms with van der Waals surface area (Å²) in [5.74, 6) is -0.328. The van der Waals surface area contributed by atoms with Crippen molar-refractivity contribution in [1.82, 2.24) is 4.98 Å². The molecule has 0 unspecified atom stereocenters. The van der Waals surface area contributed by atoms with Crippen molar-refractivity contribution in [3.8, 4) is 5.75 Å². The van der Waals surface area contributed by atoms with Crippen molar-refractivity contribution in [3.05, 3.63) is 58.0 Å². The molecule has 0 aliphatic carbocycles. The van der Waals surface area contributed by atoms with Gasteiger partial charge in [-0.15, -0.1) is 0 Å². The van der Waals surface area contributed by atoms with Gasteiger partial charge < -0.3 is 15.4 Å².